The number of nitrogens with zero attached hydrogens (tertiary/aromatic N) is 2. The van der Waals surface area contributed by atoms with Crippen molar-refractivity contribution in [3.8, 4) is 0 Å². The Kier molecular flexibility index (Phi) is 3.59. The maximum absolute atomic E-state index is 5.68. The van der Waals surface area contributed by atoms with Crippen LogP contribution >= 0.6 is 11.3 Å². The Bertz CT molecular complexity index is 739. The van der Waals surface area contributed by atoms with Gasteiger partial charge in [0.25, 0.3) is 0 Å². The van der Waals surface area contributed by atoms with Crippen LogP contribution in [0.15, 0.2) is 29.6 Å². The number of nitrogens with two attached hydrogens (primary N) is 1. The van der Waals surface area contributed by atoms with E-state index >= 15 is 0 Å². The number of aromatic nitrogens is 2. The van der Waals surface area contributed by atoms with Gasteiger partial charge in [-0.15, -0.1) is 11.3 Å². The summed E-state index contributed by atoms with van der Waals surface area (Å²) in [6.07, 6.45) is 0.905. The van der Waals surface area contributed by atoms with Gasteiger partial charge in [-0.2, -0.15) is 5.10 Å². The molecule has 3 nitrogen and oxygen atoms in total. The highest BCUT2D eigenvalue weighted by atomic mass is 32.1. The average Bonchev–Trinajstić information content (AvgIpc) is 2.97. The standard InChI is InChI=1S/C16H19N3S/c1-11-14(7-8-17)12(2)19(18-11)9-13-10-20-16-6-4-3-5-15(13)16/h3-6,10H,7-9,17H2,1-2H3. The van der Waals surface area contributed by atoms with Gasteiger partial charge in [0.05, 0.1) is 12.2 Å². The molecule has 0 unspecified atom stereocenters. The maximum Gasteiger partial charge on any atom is 0.0676 e. The molecule has 3 aromatic rings. The third-order valence-electron chi connectivity index (χ3n) is 3.81. The fourth-order valence-corrected chi connectivity index (χ4v) is 3.66. The summed E-state index contributed by atoms with van der Waals surface area (Å²) in [7, 11) is 0. The fourth-order valence-electron chi connectivity index (χ4n) is 2.71. The molecule has 0 fully saturated rings. The van der Waals surface area contributed by atoms with E-state index < -0.39 is 0 Å². The van der Waals surface area contributed by atoms with Crippen LogP contribution in [0.3, 0.4) is 0 Å². The van der Waals surface area contributed by atoms with Crippen molar-refractivity contribution in [3.05, 3.63) is 52.2 Å². The Morgan fingerprint density at radius 3 is 2.85 bits per heavy atom. The van der Waals surface area contributed by atoms with Gasteiger partial charge in [-0.3, -0.25) is 4.68 Å². The summed E-state index contributed by atoms with van der Waals surface area (Å²) < 4.78 is 3.45. The smallest absolute Gasteiger partial charge is 0.0676 e. The highest BCUT2D eigenvalue weighted by Crippen LogP contribution is 2.27. The van der Waals surface area contributed by atoms with Crippen molar-refractivity contribution in [1.82, 2.24) is 9.78 Å². The second-order valence-electron chi connectivity index (χ2n) is 5.10. The van der Waals surface area contributed by atoms with Gasteiger partial charge in [0.1, 0.15) is 0 Å². The predicted molar refractivity (Wildman–Crippen MR) is 85.4 cm³/mol. The molecule has 2 heterocycles. The van der Waals surface area contributed by atoms with E-state index in [1.807, 2.05) is 0 Å². The van der Waals surface area contributed by atoms with Crippen LogP contribution in [-0.4, -0.2) is 16.3 Å². The molecule has 2 aromatic heterocycles. The third-order valence-corrected chi connectivity index (χ3v) is 4.82. The van der Waals surface area contributed by atoms with Crippen LogP contribution in [0.2, 0.25) is 0 Å². The zero-order chi connectivity index (χ0) is 14.1. The molecular formula is C16H19N3S. The summed E-state index contributed by atoms with van der Waals surface area (Å²) in [6, 6.07) is 8.54. The molecule has 2 N–H and O–H groups in total. The number of thiophene rings is 1. The molecular weight excluding hydrogens is 266 g/mol. The van der Waals surface area contributed by atoms with Crippen LogP contribution in [-0.2, 0) is 13.0 Å². The zero-order valence-corrected chi connectivity index (χ0v) is 12.7. The molecule has 0 aliphatic rings. The minimum atomic E-state index is 0.675. The number of rotatable bonds is 4. The van der Waals surface area contributed by atoms with Crippen LogP contribution in [0.4, 0.5) is 0 Å². The van der Waals surface area contributed by atoms with Crippen LogP contribution in [0, 0.1) is 13.8 Å². The summed E-state index contributed by atoms with van der Waals surface area (Å²) in [5, 5.41) is 8.25. The van der Waals surface area contributed by atoms with Gasteiger partial charge in [0.2, 0.25) is 0 Å². The van der Waals surface area contributed by atoms with E-state index in [0.29, 0.717) is 6.54 Å². The van der Waals surface area contributed by atoms with Gasteiger partial charge < -0.3 is 5.73 Å². The van der Waals surface area contributed by atoms with Crippen LogP contribution in [0.25, 0.3) is 10.1 Å². The van der Waals surface area contributed by atoms with Crippen molar-refractivity contribution in [2.24, 2.45) is 5.73 Å². The molecule has 0 saturated carbocycles. The molecule has 104 valence electrons. The minimum absolute atomic E-state index is 0.675. The van der Waals surface area contributed by atoms with Crippen molar-refractivity contribution in [2.45, 2.75) is 26.8 Å². The van der Waals surface area contributed by atoms with Crippen molar-refractivity contribution in [1.29, 1.82) is 0 Å². The topological polar surface area (TPSA) is 43.8 Å². The van der Waals surface area contributed by atoms with E-state index in [1.54, 1.807) is 11.3 Å². The first-order valence-electron chi connectivity index (χ1n) is 6.88. The molecule has 4 heteroatoms. The highest BCUT2D eigenvalue weighted by molar-refractivity contribution is 7.17. The normalized spacial score (nSPS) is 11.3. The van der Waals surface area contributed by atoms with Gasteiger partial charge in [-0.25, -0.2) is 0 Å². The maximum atomic E-state index is 5.68. The Labute approximate surface area is 123 Å². The van der Waals surface area contributed by atoms with Crippen molar-refractivity contribution < 1.29 is 0 Å². The van der Waals surface area contributed by atoms with Crippen LogP contribution < -0.4 is 5.73 Å². The molecule has 0 aliphatic heterocycles. The molecule has 0 amide bonds. The number of hydrogen-bond donors (Lipinski definition) is 1. The summed E-state index contributed by atoms with van der Waals surface area (Å²) in [5.41, 5.74) is 10.7. The van der Waals surface area contributed by atoms with E-state index in [1.165, 1.54) is 26.9 Å². The van der Waals surface area contributed by atoms with Gasteiger partial charge in [0.15, 0.2) is 0 Å². The highest BCUT2D eigenvalue weighted by Gasteiger charge is 2.12. The molecule has 0 aliphatic carbocycles. The molecule has 0 bridgehead atoms. The number of fused-ring (bicyclic) bond motifs is 1. The summed E-state index contributed by atoms with van der Waals surface area (Å²) in [5.74, 6) is 0. The quantitative estimate of drug-likeness (QED) is 0.799. The van der Waals surface area contributed by atoms with Crippen molar-refractivity contribution in [2.75, 3.05) is 6.54 Å². The lowest BCUT2D eigenvalue weighted by atomic mass is 10.1. The van der Waals surface area contributed by atoms with E-state index in [9.17, 15) is 0 Å². The third kappa shape index (κ3) is 2.25. The molecule has 20 heavy (non-hydrogen) atoms. The summed E-state index contributed by atoms with van der Waals surface area (Å²) >= 11 is 1.80. The van der Waals surface area contributed by atoms with Gasteiger partial charge in [0, 0.05) is 10.4 Å². The van der Waals surface area contributed by atoms with Crippen LogP contribution in [0.5, 0.6) is 0 Å². The SMILES string of the molecule is Cc1nn(Cc2csc3ccccc23)c(C)c1CCN. The Morgan fingerprint density at radius 1 is 1.25 bits per heavy atom. The fraction of sp³-hybridized carbons (Fsp3) is 0.312. The molecule has 0 atom stereocenters. The summed E-state index contributed by atoms with van der Waals surface area (Å²) in [4.78, 5) is 0. The van der Waals surface area contributed by atoms with Gasteiger partial charge >= 0.3 is 0 Å². The number of benzene rings is 1. The van der Waals surface area contributed by atoms with E-state index in [4.69, 9.17) is 5.73 Å². The number of aryl methyl sites for hydroxylation is 1. The van der Waals surface area contributed by atoms with Gasteiger partial charge in [-0.05, 0) is 54.8 Å². The molecule has 1 aromatic carbocycles. The van der Waals surface area contributed by atoms with E-state index in [0.717, 1.165) is 18.7 Å². The largest absolute Gasteiger partial charge is 0.330 e. The predicted octanol–water partition coefficient (Wildman–Crippen LogP) is 3.26. The van der Waals surface area contributed by atoms with Crippen molar-refractivity contribution >= 4 is 21.4 Å². The van der Waals surface area contributed by atoms with Gasteiger partial charge in [-0.1, -0.05) is 18.2 Å². The first-order valence-corrected chi connectivity index (χ1v) is 7.76. The van der Waals surface area contributed by atoms with E-state index in [-0.39, 0.29) is 0 Å². The second kappa shape index (κ2) is 5.38. The van der Waals surface area contributed by atoms with Crippen molar-refractivity contribution in [3.63, 3.8) is 0 Å². The molecule has 0 spiro atoms. The lowest BCUT2D eigenvalue weighted by Gasteiger charge is -2.05. The average molecular weight is 285 g/mol. The monoisotopic (exact) mass is 285 g/mol. The molecule has 0 saturated heterocycles. The Balaban J connectivity index is 1.97. The lowest BCUT2D eigenvalue weighted by Crippen LogP contribution is -2.06. The Hall–Kier alpha value is -1.65. The zero-order valence-electron chi connectivity index (χ0n) is 11.9. The Morgan fingerprint density at radius 2 is 2.05 bits per heavy atom. The second-order valence-corrected chi connectivity index (χ2v) is 6.01. The number of hydrogen-bond acceptors (Lipinski definition) is 3. The minimum Gasteiger partial charge on any atom is -0.330 e. The summed E-state index contributed by atoms with van der Waals surface area (Å²) in [6.45, 7) is 5.72. The van der Waals surface area contributed by atoms with Crippen LogP contribution in [0.1, 0.15) is 22.5 Å². The molecule has 3 rings (SSSR count). The molecule has 0 radical (unpaired) electrons. The first-order chi connectivity index (χ1) is 9.70. The first kappa shape index (κ1) is 13.3. The van der Waals surface area contributed by atoms with E-state index in [2.05, 4.69) is 53.3 Å². The lowest BCUT2D eigenvalue weighted by molar-refractivity contribution is 0.662.